The molecule has 0 aromatic carbocycles. The zero-order valence-corrected chi connectivity index (χ0v) is 12.0. The van der Waals surface area contributed by atoms with Crippen LogP contribution >= 0.6 is 24.8 Å². The fourth-order valence-corrected chi connectivity index (χ4v) is 2.03. The maximum absolute atomic E-state index is 11.3. The molecule has 0 aromatic heterocycles. The number of nitrogens with one attached hydrogen (secondary N) is 1. The summed E-state index contributed by atoms with van der Waals surface area (Å²) < 4.78 is 0. The second kappa shape index (κ2) is 8.97. The van der Waals surface area contributed by atoms with E-state index in [0.29, 0.717) is 6.54 Å². The van der Waals surface area contributed by atoms with Gasteiger partial charge in [0.25, 0.3) is 0 Å². The molecule has 0 unspecified atom stereocenters. The highest BCUT2D eigenvalue weighted by molar-refractivity contribution is 5.85. The van der Waals surface area contributed by atoms with E-state index < -0.39 is 6.04 Å². The lowest BCUT2D eigenvalue weighted by Gasteiger charge is -2.28. The fourth-order valence-electron chi connectivity index (χ4n) is 2.03. The molecule has 0 radical (unpaired) electrons. The highest BCUT2D eigenvalue weighted by Gasteiger charge is 2.26. The SMILES string of the molecule is C[C@@H](N)C(=O)NCC1(N)CCCCCC1.Cl.Cl. The van der Waals surface area contributed by atoms with Crippen molar-refractivity contribution in [2.24, 2.45) is 11.5 Å². The summed E-state index contributed by atoms with van der Waals surface area (Å²) in [7, 11) is 0. The Morgan fingerprint density at radius 1 is 1.24 bits per heavy atom. The lowest BCUT2D eigenvalue weighted by molar-refractivity contribution is -0.122. The van der Waals surface area contributed by atoms with Crippen LogP contribution < -0.4 is 16.8 Å². The highest BCUT2D eigenvalue weighted by atomic mass is 35.5. The average Bonchev–Trinajstić information content (AvgIpc) is 2.40. The van der Waals surface area contributed by atoms with Gasteiger partial charge in [-0.05, 0) is 19.8 Å². The molecule has 6 heteroatoms. The molecule has 104 valence electrons. The Bertz CT molecular complexity index is 217. The predicted molar refractivity (Wildman–Crippen MR) is 75.8 cm³/mol. The van der Waals surface area contributed by atoms with Crippen molar-refractivity contribution in [3.8, 4) is 0 Å². The van der Waals surface area contributed by atoms with Crippen LogP contribution in [0.1, 0.15) is 45.4 Å². The van der Waals surface area contributed by atoms with Gasteiger partial charge in [0.15, 0.2) is 0 Å². The van der Waals surface area contributed by atoms with E-state index in [0.717, 1.165) is 12.8 Å². The lowest BCUT2D eigenvalue weighted by atomic mass is 9.91. The van der Waals surface area contributed by atoms with Crippen LogP contribution in [-0.4, -0.2) is 24.0 Å². The van der Waals surface area contributed by atoms with Gasteiger partial charge in [0, 0.05) is 12.1 Å². The van der Waals surface area contributed by atoms with E-state index in [1.54, 1.807) is 6.92 Å². The fraction of sp³-hybridized carbons (Fsp3) is 0.909. The maximum Gasteiger partial charge on any atom is 0.236 e. The van der Waals surface area contributed by atoms with Crippen LogP contribution in [-0.2, 0) is 4.79 Å². The first-order chi connectivity index (χ1) is 7.03. The lowest BCUT2D eigenvalue weighted by Crippen LogP contribution is -2.52. The third kappa shape index (κ3) is 7.09. The van der Waals surface area contributed by atoms with E-state index in [1.807, 2.05) is 0 Å². The molecule has 0 heterocycles. The summed E-state index contributed by atoms with van der Waals surface area (Å²) in [5, 5.41) is 2.83. The molecular weight excluding hydrogens is 261 g/mol. The van der Waals surface area contributed by atoms with E-state index >= 15 is 0 Å². The second-order valence-electron chi connectivity index (χ2n) is 4.78. The number of hydrogen-bond donors (Lipinski definition) is 3. The first-order valence-corrected chi connectivity index (χ1v) is 5.86. The number of hydrogen-bond acceptors (Lipinski definition) is 3. The summed E-state index contributed by atoms with van der Waals surface area (Å²) in [5.41, 5.74) is 11.5. The van der Waals surface area contributed by atoms with Gasteiger partial charge in [-0.2, -0.15) is 0 Å². The van der Waals surface area contributed by atoms with Crippen molar-refractivity contribution in [3.05, 3.63) is 0 Å². The van der Waals surface area contributed by atoms with Crippen LogP contribution in [0.25, 0.3) is 0 Å². The van der Waals surface area contributed by atoms with Gasteiger partial charge in [-0.25, -0.2) is 0 Å². The molecule has 0 spiro atoms. The van der Waals surface area contributed by atoms with Crippen LogP contribution in [0.2, 0.25) is 0 Å². The monoisotopic (exact) mass is 285 g/mol. The summed E-state index contributed by atoms with van der Waals surface area (Å²) in [4.78, 5) is 11.3. The Kier molecular flexibility index (Phi) is 10.2. The van der Waals surface area contributed by atoms with E-state index in [2.05, 4.69) is 5.32 Å². The van der Waals surface area contributed by atoms with Crippen molar-refractivity contribution in [2.75, 3.05) is 6.54 Å². The third-order valence-electron chi connectivity index (χ3n) is 3.13. The number of nitrogens with two attached hydrogens (primary N) is 2. The second-order valence-corrected chi connectivity index (χ2v) is 4.78. The first-order valence-electron chi connectivity index (χ1n) is 5.86. The van der Waals surface area contributed by atoms with Gasteiger partial charge in [-0.1, -0.05) is 25.7 Å². The molecule has 1 aliphatic carbocycles. The van der Waals surface area contributed by atoms with Gasteiger partial charge in [0.1, 0.15) is 0 Å². The molecule has 0 saturated heterocycles. The van der Waals surface area contributed by atoms with Gasteiger partial charge < -0.3 is 16.8 Å². The smallest absolute Gasteiger partial charge is 0.236 e. The standard InChI is InChI=1S/C11H23N3O.2ClH/c1-9(12)10(15)14-8-11(13)6-4-2-3-5-7-11;;/h9H,2-8,12-13H2,1H3,(H,14,15);2*1H/t9-;;/m1../s1. The van der Waals surface area contributed by atoms with Crippen LogP contribution in [0.4, 0.5) is 0 Å². The van der Waals surface area contributed by atoms with Gasteiger partial charge >= 0.3 is 0 Å². The van der Waals surface area contributed by atoms with Crippen LogP contribution in [0.15, 0.2) is 0 Å². The van der Waals surface area contributed by atoms with Crippen molar-refractivity contribution in [3.63, 3.8) is 0 Å². The van der Waals surface area contributed by atoms with Gasteiger partial charge in [-0.3, -0.25) is 4.79 Å². The normalized spacial score (nSPS) is 20.2. The largest absolute Gasteiger partial charge is 0.353 e. The summed E-state index contributed by atoms with van der Waals surface area (Å²) in [5.74, 6) is -0.107. The Morgan fingerprint density at radius 3 is 2.12 bits per heavy atom. The molecule has 1 aliphatic rings. The molecule has 1 atom stereocenters. The molecule has 5 N–H and O–H groups in total. The van der Waals surface area contributed by atoms with Gasteiger partial charge in [0.05, 0.1) is 6.04 Å². The zero-order chi connectivity index (χ0) is 11.3. The van der Waals surface area contributed by atoms with E-state index in [9.17, 15) is 4.79 Å². The number of halogens is 2. The van der Waals surface area contributed by atoms with E-state index in [4.69, 9.17) is 11.5 Å². The molecule has 0 aromatic rings. The molecule has 4 nitrogen and oxygen atoms in total. The summed E-state index contributed by atoms with van der Waals surface area (Å²) in [6, 6.07) is -0.445. The van der Waals surface area contributed by atoms with Crippen LogP contribution in [0.5, 0.6) is 0 Å². The number of carbonyl (C=O) groups excluding carboxylic acids is 1. The van der Waals surface area contributed by atoms with Crippen molar-refractivity contribution in [1.29, 1.82) is 0 Å². The Labute approximate surface area is 116 Å². The Morgan fingerprint density at radius 2 is 1.71 bits per heavy atom. The zero-order valence-electron chi connectivity index (χ0n) is 10.4. The molecule has 0 aliphatic heterocycles. The summed E-state index contributed by atoms with van der Waals surface area (Å²) in [6.45, 7) is 2.25. The molecule has 1 saturated carbocycles. The molecular formula is C11H25Cl2N3O. The van der Waals surface area contributed by atoms with Crippen molar-refractivity contribution < 1.29 is 4.79 Å². The highest BCUT2D eigenvalue weighted by Crippen LogP contribution is 2.24. The summed E-state index contributed by atoms with van der Waals surface area (Å²) in [6.07, 6.45) is 6.88. The third-order valence-corrected chi connectivity index (χ3v) is 3.13. The van der Waals surface area contributed by atoms with Crippen molar-refractivity contribution >= 4 is 30.7 Å². The van der Waals surface area contributed by atoms with Gasteiger partial charge in [0.2, 0.25) is 5.91 Å². The number of amides is 1. The number of carbonyl (C=O) groups is 1. The quantitative estimate of drug-likeness (QED) is 0.685. The molecule has 1 fully saturated rings. The van der Waals surface area contributed by atoms with Crippen molar-refractivity contribution in [2.45, 2.75) is 57.0 Å². The molecule has 1 amide bonds. The van der Waals surface area contributed by atoms with Crippen molar-refractivity contribution in [1.82, 2.24) is 5.32 Å². The first kappa shape index (κ1) is 19.3. The average molecular weight is 286 g/mol. The maximum atomic E-state index is 11.3. The molecule has 17 heavy (non-hydrogen) atoms. The minimum atomic E-state index is -0.445. The summed E-state index contributed by atoms with van der Waals surface area (Å²) >= 11 is 0. The predicted octanol–water partition coefficient (Wildman–Crippen LogP) is 1.35. The topological polar surface area (TPSA) is 81.1 Å². The molecule has 1 rings (SSSR count). The molecule has 0 bridgehead atoms. The van der Waals surface area contributed by atoms with Crippen LogP contribution in [0.3, 0.4) is 0 Å². The Hall–Kier alpha value is -0.0300. The number of rotatable bonds is 3. The Balaban J connectivity index is 0. The van der Waals surface area contributed by atoms with E-state index in [-0.39, 0.29) is 36.3 Å². The van der Waals surface area contributed by atoms with Crippen LogP contribution in [0, 0.1) is 0 Å². The minimum absolute atomic E-state index is 0. The van der Waals surface area contributed by atoms with Gasteiger partial charge in [-0.15, -0.1) is 24.8 Å². The minimum Gasteiger partial charge on any atom is -0.353 e. The van der Waals surface area contributed by atoms with E-state index in [1.165, 1.54) is 25.7 Å².